The van der Waals surface area contributed by atoms with Crippen LogP contribution >= 0.6 is 0 Å². The van der Waals surface area contributed by atoms with Crippen LogP contribution in [-0.4, -0.2) is 45.5 Å². The number of imide groups is 1. The second kappa shape index (κ2) is 8.76. The molecule has 34 heavy (non-hydrogen) atoms. The lowest BCUT2D eigenvalue weighted by Gasteiger charge is -2.26. The molecule has 0 aromatic heterocycles. The Morgan fingerprint density at radius 3 is 2.18 bits per heavy atom. The van der Waals surface area contributed by atoms with Gasteiger partial charge in [0.1, 0.15) is 6.04 Å². The Hall–Kier alpha value is -3.38. The van der Waals surface area contributed by atoms with Gasteiger partial charge >= 0.3 is 0 Å². The molecule has 1 fully saturated rings. The topological polar surface area (TPSA) is 135 Å². The fourth-order valence-corrected chi connectivity index (χ4v) is 5.98. The van der Waals surface area contributed by atoms with E-state index in [9.17, 15) is 26.4 Å². The van der Waals surface area contributed by atoms with Crippen molar-refractivity contribution in [2.75, 3.05) is 11.4 Å². The van der Waals surface area contributed by atoms with Crippen molar-refractivity contribution in [2.45, 2.75) is 22.3 Å². The number of amides is 2. The Kier molecular flexibility index (Phi) is 6.13. The summed E-state index contributed by atoms with van der Waals surface area (Å²) in [5, 5.41) is 6.66. The van der Waals surface area contributed by atoms with Crippen molar-refractivity contribution >= 4 is 48.3 Å². The maximum absolute atomic E-state index is 13.5. The molecule has 1 saturated heterocycles. The summed E-state index contributed by atoms with van der Waals surface area (Å²) in [6, 6.07) is 15.5. The van der Waals surface area contributed by atoms with Gasteiger partial charge in [-0.2, -0.15) is 4.31 Å². The standard InChI is InChI=1S/C23H21N3O6S2/c1-2-13-25(34(31,32)20-10-7-16-5-3-4-6-17(16)14-20)21-15-22(27)26(23(21)28)18-8-11-19(12-9-18)33(24,29)30/h2-12,14,21H,1,13,15H2,(H2,24,29,30). The van der Waals surface area contributed by atoms with E-state index in [0.29, 0.717) is 5.39 Å². The van der Waals surface area contributed by atoms with Crippen molar-refractivity contribution in [3.05, 3.63) is 79.4 Å². The maximum atomic E-state index is 13.5. The third-order valence-corrected chi connectivity index (χ3v) is 8.33. The number of anilines is 1. The molecule has 1 aliphatic heterocycles. The number of benzene rings is 3. The van der Waals surface area contributed by atoms with Crippen LogP contribution in [0.5, 0.6) is 0 Å². The molecular weight excluding hydrogens is 478 g/mol. The molecule has 3 aromatic rings. The molecule has 0 aliphatic carbocycles. The molecule has 11 heteroatoms. The monoisotopic (exact) mass is 499 g/mol. The summed E-state index contributed by atoms with van der Waals surface area (Å²) < 4.78 is 51.0. The highest BCUT2D eigenvalue weighted by Crippen LogP contribution is 2.30. The molecule has 176 valence electrons. The zero-order valence-corrected chi connectivity index (χ0v) is 19.5. The van der Waals surface area contributed by atoms with Gasteiger partial charge in [-0.3, -0.25) is 9.59 Å². The molecule has 0 bridgehead atoms. The Labute approximate surface area is 197 Å². The molecule has 0 saturated carbocycles. The highest BCUT2D eigenvalue weighted by Gasteiger charge is 2.46. The van der Waals surface area contributed by atoms with Crippen molar-refractivity contribution in [1.29, 1.82) is 0 Å². The van der Waals surface area contributed by atoms with E-state index in [1.165, 1.54) is 42.5 Å². The van der Waals surface area contributed by atoms with E-state index in [1.807, 2.05) is 12.1 Å². The van der Waals surface area contributed by atoms with Gasteiger partial charge in [0.15, 0.2) is 0 Å². The number of hydrogen-bond acceptors (Lipinski definition) is 6. The van der Waals surface area contributed by atoms with E-state index in [-0.39, 0.29) is 28.4 Å². The lowest BCUT2D eigenvalue weighted by atomic mass is 10.1. The van der Waals surface area contributed by atoms with Gasteiger partial charge in [-0.25, -0.2) is 26.9 Å². The number of hydrogen-bond donors (Lipinski definition) is 1. The van der Waals surface area contributed by atoms with Crippen molar-refractivity contribution < 1.29 is 26.4 Å². The van der Waals surface area contributed by atoms with E-state index in [2.05, 4.69) is 6.58 Å². The molecule has 2 amide bonds. The highest BCUT2D eigenvalue weighted by molar-refractivity contribution is 7.89. The average Bonchev–Trinajstić information content (AvgIpc) is 3.09. The van der Waals surface area contributed by atoms with Crippen LogP contribution < -0.4 is 10.0 Å². The number of carbonyl (C=O) groups is 2. The maximum Gasteiger partial charge on any atom is 0.252 e. The Morgan fingerprint density at radius 1 is 0.941 bits per heavy atom. The SMILES string of the molecule is C=CCN(C1CC(=O)N(c2ccc(S(N)(=O)=O)cc2)C1=O)S(=O)(=O)c1ccc2ccccc2c1. The van der Waals surface area contributed by atoms with Crippen molar-refractivity contribution in [1.82, 2.24) is 4.31 Å². The van der Waals surface area contributed by atoms with Gasteiger partial charge in [0.25, 0.3) is 5.91 Å². The zero-order chi connectivity index (χ0) is 24.7. The first-order valence-electron chi connectivity index (χ1n) is 10.2. The number of primary sulfonamides is 1. The molecule has 9 nitrogen and oxygen atoms in total. The predicted molar refractivity (Wildman–Crippen MR) is 127 cm³/mol. The molecule has 1 heterocycles. The summed E-state index contributed by atoms with van der Waals surface area (Å²) in [7, 11) is -8.11. The van der Waals surface area contributed by atoms with Gasteiger partial charge < -0.3 is 0 Å². The molecule has 1 unspecified atom stereocenters. The summed E-state index contributed by atoms with van der Waals surface area (Å²) in [4.78, 5) is 26.6. The summed E-state index contributed by atoms with van der Waals surface area (Å²) in [6.07, 6.45) is 0.982. The van der Waals surface area contributed by atoms with Crippen molar-refractivity contribution in [3.8, 4) is 0 Å². The zero-order valence-electron chi connectivity index (χ0n) is 17.9. The van der Waals surface area contributed by atoms with Gasteiger partial charge in [0, 0.05) is 6.54 Å². The van der Waals surface area contributed by atoms with Crippen LogP contribution in [0, 0.1) is 0 Å². The molecule has 4 rings (SSSR count). The third-order valence-electron chi connectivity index (χ3n) is 5.53. The van der Waals surface area contributed by atoms with Crippen LogP contribution in [0.3, 0.4) is 0 Å². The Bertz CT molecular complexity index is 1520. The minimum absolute atomic E-state index is 0.00995. The van der Waals surface area contributed by atoms with Crippen LogP contribution in [-0.2, 0) is 29.6 Å². The molecule has 1 atom stereocenters. The minimum atomic E-state index is -4.16. The Balaban J connectivity index is 1.69. The van der Waals surface area contributed by atoms with Crippen LogP contribution in [0.1, 0.15) is 6.42 Å². The first-order valence-corrected chi connectivity index (χ1v) is 13.1. The molecule has 1 aliphatic rings. The molecule has 3 aromatic carbocycles. The number of sulfonamides is 2. The number of carbonyl (C=O) groups excluding carboxylic acids is 2. The van der Waals surface area contributed by atoms with E-state index in [4.69, 9.17) is 5.14 Å². The average molecular weight is 500 g/mol. The van der Waals surface area contributed by atoms with Crippen LogP contribution in [0.15, 0.2) is 89.2 Å². The quantitative estimate of drug-likeness (QED) is 0.390. The molecular formula is C23H21N3O6S2. The Morgan fingerprint density at radius 2 is 1.56 bits per heavy atom. The summed E-state index contributed by atoms with van der Waals surface area (Å²) in [6.45, 7) is 3.41. The van der Waals surface area contributed by atoms with E-state index >= 15 is 0 Å². The third kappa shape index (κ3) is 4.26. The first kappa shape index (κ1) is 23.8. The second-order valence-corrected chi connectivity index (χ2v) is 11.2. The number of rotatable bonds is 7. The number of fused-ring (bicyclic) bond motifs is 1. The number of nitrogens with zero attached hydrogens (tertiary/aromatic N) is 2. The lowest BCUT2D eigenvalue weighted by molar-refractivity contribution is -0.122. The van der Waals surface area contributed by atoms with E-state index in [1.54, 1.807) is 18.2 Å². The molecule has 0 radical (unpaired) electrons. The smallest absolute Gasteiger partial charge is 0.252 e. The van der Waals surface area contributed by atoms with E-state index < -0.39 is 37.9 Å². The van der Waals surface area contributed by atoms with Gasteiger partial charge in [0.2, 0.25) is 26.0 Å². The van der Waals surface area contributed by atoms with Gasteiger partial charge in [-0.15, -0.1) is 6.58 Å². The summed E-state index contributed by atoms with van der Waals surface area (Å²) in [5.41, 5.74) is 0.117. The molecule has 2 N–H and O–H groups in total. The largest absolute Gasteiger partial charge is 0.274 e. The summed E-state index contributed by atoms with van der Waals surface area (Å²) in [5.74, 6) is -1.35. The first-order chi connectivity index (χ1) is 16.0. The van der Waals surface area contributed by atoms with E-state index in [0.717, 1.165) is 14.6 Å². The lowest BCUT2D eigenvalue weighted by Crippen LogP contribution is -2.45. The normalized spacial score (nSPS) is 17.0. The number of nitrogens with two attached hydrogens (primary N) is 1. The highest BCUT2D eigenvalue weighted by atomic mass is 32.2. The fraction of sp³-hybridized carbons (Fsp3) is 0.130. The van der Waals surface area contributed by atoms with Crippen LogP contribution in [0.2, 0.25) is 0 Å². The van der Waals surface area contributed by atoms with Crippen LogP contribution in [0.25, 0.3) is 10.8 Å². The molecule has 0 spiro atoms. The summed E-state index contributed by atoms with van der Waals surface area (Å²) >= 11 is 0. The minimum Gasteiger partial charge on any atom is -0.274 e. The van der Waals surface area contributed by atoms with Gasteiger partial charge in [-0.1, -0.05) is 36.4 Å². The van der Waals surface area contributed by atoms with Crippen molar-refractivity contribution in [2.24, 2.45) is 5.14 Å². The fourth-order valence-electron chi connectivity index (χ4n) is 3.88. The van der Waals surface area contributed by atoms with Gasteiger partial charge in [-0.05, 0) is 47.2 Å². The van der Waals surface area contributed by atoms with Crippen LogP contribution in [0.4, 0.5) is 5.69 Å². The van der Waals surface area contributed by atoms with Gasteiger partial charge in [0.05, 0.1) is 21.9 Å². The predicted octanol–water partition coefficient (Wildman–Crippen LogP) is 2.00. The second-order valence-electron chi connectivity index (χ2n) is 7.70. The van der Waals surface area contributed by atoms with Crippen molar-refractivity contribution in [3.63, 3.8) is 0 Å².